The molecule has 1 amide bonds. The van der Waals surface area contributed by atoms with Gasteiger partial charge in [-0.25, -0.2) is 8.42 Å². The molecule has 0 saturated carbocycles. The Hall–Kier alpha value is -1.07. The summed E-state index contributed by atoms with van der Waals surface area (Å²) in [5, 5.41) is 0.701. The zero-order valence-electron chi connectivity index (χ0n) is 17.1. The summed E-state index contributed by atoms with van der Waals surface area (Å²) in [4.78, 5) is 15.4. The number of carbonyl (C=O) groups is 1. The van der Waals surface area contributed by atoms with Crippen LogP contribution in [0, 0.1) is 12.8 Å². The first kappa shape index (κ1) is 22.6. The van der Waals surface area contributed by atoms with Crippen molar-refractivity contribution >= 4 is 51.0 Å². The second-order valence-corrected chi connectivity index (χ2v) is 11.7. The van der Waals surface area contributed by atoms with Crippen molar-refractivity contribution in [2.45, 2.75) is 41.1 Å². The standard InChI is InChI=1S/C19H25N3O3S4/c1-12(2)17-21(18(23)15-16(26-4)20-28-19(15)27-5)10-11-22(17)29(24,25)14-8-6-13(3)7-9-14/h6-9,12,17H,10-11H2,1-5H3/t17-/m1/s1. The molecule has 3 rings (SSSR count). The Morgan fingerprint density at radius 3 is 2.38 bits per heavy atom. The lowest BCUT2D eigenvalue weighted by molar-refractivity contribution is 0.0627. The van der Waals surface area contributed by atoms with Crippen molar-refractivity contribution in [3.05, 3.63) is 35.4 Å². The maximum atomic E-state index is 13.5. The van der Waals surface area contributed by atoms with Crippen molar-refractivity contribution in [1.29, 1.82) is 0 Å². The van der Waals surface area contributed by atoms with Gasteiger partial charge in [-0.3, -0.25) is 4.79 Å². The predicted molar refractivity (Wildman–Crippen MR) is 120 cm³/mol. The lowest BCUT2D eigenvalue weighted by Gasteiger charge is -2.32. The van der Waals surface area contributed by atoms with Crippen molar-refractivity contribution < 1.29 is 13.2 Å². The smallest absolute Gasteiger partial charge is 0.260 e. The van der Waals surface area contributed by atoms with E-state index in [0.29, 0.717) is 17.1 Å². The summed E-state index contributed by atoms with van der Waals surface area (Å²) < 4.78 is 33.4. The molecule has 0 aliphatic carbocycles. The number of hydrogen-bond donors (Lipinski definition) is 0. The third kappa shape index (κ3) is 4.23. The molecule has 0 N–H and O–H groups in total. The molecule has 0 unspecified atom stereocenters. The van der Waals surface area contributed by atoms with Crippen LogP contribution in [0.1, 0.15) is 29.8 Å². The Balaban J connectivity index is 1.98. The molecule has 0 spiro atoms. The lowest BCUT2D eigenvalue weighted by atomic mass is 10.1. The highest BCUT2D eigenvalue weighted by Crippen LogP contribution is 2.36. The third-order valence-electron chi connectivity index (χ3n) is 4.88. The van der Waals surface area contributed by atoms with E-state index in [0.717, 1.165) is 9.77 Å². The highest BCUT2D eigenvalue weighted by atomic mass is 32.2. The minimum Gasteiger partial charge on any atom is -0.320 e. The number of thioether (sulfide) groups is 2. The summed E-state index contributed by atoms with van der Waals surface area (Å²) in [6.07, 6.45) is 3.29. The van der Waals surface area contributed by atoms with E-state index in [1.165, 1.54) is 39.4 Å². The van der Waals surface area contributed by atoms with E-state index in [1.54, 1.807) is 29.2 Å². The van der Waals surface area contributed by atoms with Crippen LogP contribution >= 0.6 is 35.1 Å². The van der Waals surface area contributed by atoms with Gasteiger partial charge in [-0.2, -0.15) is 8.68 Å². The fourth-order valence-electron chi connectivity index (χ4n) is 3.51. The molecule has 0 radical (unpaired) electrons. The molecule has 6 nitrogen and oxygen atoms in total. The van der Waals surface area contributed by atoms with Gasteiger partial charge in [-0.15, -0.1) is 23.5 Å². The Bertz CT molecular complexity index is 965. The second-order valence-electron chi connectivity index (χ2n) is 7.14. The Labute approximate surface area is 185 Å². The minimum atomic E-state index is -3.70. The predicted octanol–water partition coefficient (Wildman–Crippen LogP) is 4.02. The highest BCUT2D eigenvalue weighted by Gasteiger charge is 2.45. The number of aryl methyl sites for hydroxylation is 1. The number of hydrogen-bond acceptors (Lipinski definition) is 7. The zero-order valence-corrected chi connectivity index (χ0v) is 20.3. The van der Waals surface area contributed by atoms with Crippen LogP contribution < -0.4 is 0 Å². The van der Waals surface area contributed by atoms with Crippen LogP contribution in [0.5, 0.6) is 0 Å². The molecule has 29 heavy (non-hydrogen) atoms. The van der Waals surface area contributed by atoms with Gasteiger partial charge in [0.25, 0.3) is 5.91 Å². The minimum absolute atomic E-state index is 0.0521. The fourth-order valence-corrected chi connectivity index (χ4v) is 7.49. The molecule has 1 saturated heterocycles. The van der Waals surface area contributed by atoms with E-state index < -0.39 is 16.2 Å². The maximum absolute atomic E-state index is 13.5. The van der Waals surface area contributed by atoms with E-state index in [-0.39, 0.29) is 23.3 Å². The summed E-state index contributed by atoms with van der Waals surface area (Å²) in [5.74, 6) is -0.198. The molecular formula is C19H25N3O3S4. The van der Waals surface area contributed by atoms with E-state index >= 15 is 0 Å². The summed E-state index contributed by atoms with van der Waals surface area (Å²) in [5.41, 5.74) is 1.59. The number of rotatable bonds is 6. The molecule has 1 aromatic heterocycles. The van der Waals surface area contributed by atoms with E-state index in [1.807, 2.05) is 33.3 Å². The van der Waals surface area contributed by atoms with Gasteiger partial charge in [0, 0.05) is 13.1 Å². The number of sulfonamides is 1. The van der Waals surface area contributed by atoms with Gasteiger partial charge in [0.1, 0.15) is 11.2 Å². The fraction of sp³-hybridized carbons (Fsp3) is 0.474. The molecule has 158 valence electrons. The van der Waals surface area contributed by atoms with Crippen LogP contribution in [-0.4, -0.2) is 59.7 Å². The average Bonchev–Trinajstić information content (AvgIpc) is 3.32. The van der Waals surface area contributed by atoms with Gasteiger partial charge < -0.3 is 4.90 Å². The van der Waals surface area contributed by atoms with Crippen molar-refractivity contribution in [2.24, 2.45) is 5.92 Å². The van der Waals surface area contributed by atoms with E-state index in [9.17, 15) is 13.2 Å². The third-order valence-corrected chi connectivity index (χ3v) is 9.51. The summed E-state index contributed by atoms with van der Waals surface area (Å²) in [7, 11) is -3.70. The molecule has 1 aliphatic rings. The first-order chi connectivity index (χ1) is 13.7. The Kier molecular flexibility index (Phi) is 6.99. The van der Waals surface area contributed by atoms with Crippen LogP contribution in [0.2, 0.25) is 0 Å². The first-order valence-electron chi connectivity index (χ1n) is 9.19. The molecule has 2 aromatic rings. The number of aromatic nitrogens is 1. The molecule has 10 heteroatoms. The van der Waals surface area contributed by atoms with Gasteiger partial charge in [-0.05, 0) is 49.0 Å². The van der Waals surface area contributed by atoms with Crippen LogP contribution in [0.15, 0.2) is 38.4 Å². The number of benzene rings is 1. The first-order valence-corrected chi connectivity index (χ1v) is 13.9. The van der Waals surface area contributed by atoms with Gasteiger partial charge in [0.2, 0.25) is 10.0 Å². The lowest BCUT2D eigenvalue weighted by Crippen LogP contribution is -2.47. The van der Waals surface area contributed by atoms with Gasteiger partial charge >= 0.3 is 0 Å². The molecule has 1 aromatic carbocycles. The van der Waals surface area contributed by atoms with Gasteiger partial charge in [0.15, 0.2) is 0 Å². The molecule has 1 aliphatic heterocycles. The summed E-state index contributed by atoms with van der Waals surface area (Å²) in [6, 6.07) is 6.85. The molecule has 1 atom stereocenters. The zero-order chi connectivity index (χ0) is 21.3. The SMILES string of the molecule is CSc1nsc(SC)c1C(=O)N1CCN(S(=O)(=O)c2ccc(C)cc2)[C@@H]1C(C)C. The number of carbonyl (C=O) groups excluding carboxylic acids is 1. The summed E-state index contributed by atoms with van der Waals surface area (Å²) in [6.45, 7) is 6.47. The van der Waals surface area contributed by atoms with Crippen LogP contribution in [0.4, 0.5) is 0 Å². The van der Waals surface area contributed by atoms with Crippen LogP contribution in [0.25, 0.3) is 0 Å². The molecule has 1 fully saturated rings. The monoisotopic (exact) mass is 471 g/mol. The Morgan fingerprint density at radius 1 is 1.17 bits per heavy atom. The normalized spacial score (nSPS) is 18.0. The second kappa shape index (κ2) is 8.97. The van der Waals surface area contributed by atoms with Crippen molar-refractivity contribution in [2.75, 3.05) is 25.6 Å². The topological polar surface area (TPSA) is 70.6 Å². The van der Waals surface area contributed by atoms with Gasteiger partial charge in [0.05, 0.1) is 14.7 Å². The number of nitrogens with zero attached hydrogens (tertiary/aromatic N) is 3. The van der Waals surface area contributed by atoms with Crippen molar-refractivity contribution in [3.8, 4) is 0 Å². The largest absolute Gasteiger partial charge is 0.320 e. The maximum Gasteiger partial charge on any atom is 0.260 e. The molecular weight excluding hydrogens is 446 g/mol. The highest BCUT2D eigenvalue weighted by molar-refractivity contribution is 8.01. The van der Waals surface area contributed by atoms with Crippen molar-refractivity contribution in [3.63, 3.8) is 0 Å². The molecule has 0 bridgehead atoms. The van der Waals surface area contributed by atoms with Crippen molar-refractivity contribution in [1.82, 2.24) is 13.6 Å². The quantitative estimate of drug-likeness (QED) is 0.593. The Morgan fingerprint density at radius 2 is 1.83 bits per heavy atom. The van der Waals surface area contributed by atoms with Gasteiger partial charge in [-0.1, -0.05) is 31.5 Å². The van der Waals surface area contributed by atoms with Crippen LogP contribution in [-0.2, 0) is 10.0 Å². The molecule has 2 heterocycles. The summed E-state index contributed by atoms with van der Waals surface area (Å²) >= 11 is 4.25. The van der Waals surface area contributed by atoms with Crippen LogP contribution in [0.3, 0.4) is 0 Å². The average molecular weight is 472 g/mol. The van der Waals surface area contributed by atoms with E-state index in [2.05, 4.69) is 4.37 Å². The van der Waals surface area contributed by atoms with E-state index in [4.69, 9.17) is 0 Å². The number of amides is 1.